The van der Waals surface area contributed by atoms with Crippen LogP contribution >= 0.6 is 0 Å². The number of ether oxygens (including phenoxy) is 2. The van der Waals surface area contributed by atoms with Crippen LogP contribution in [-0.2, 0) is 14.3 Å². The molecule has 0 aromatic carbocycles. The highest BCUT2D eigenvalue weighted by Gasteiger charge is 2.35. The Hall–Kier alpha value is -1.61. The van der Waals surface area contributed by atoms with Crippen LogP contribution in [0.3, 0.4) is 0 Å². The Bertz CT molecular complexity index is 440. The molecule has 3 rings (SSSR count). The van der Waals surface area contributed by atoms with Gasteiger partial charge in [0.15, 0.2) is 0 Å². The first-order valence-electron chi connectivity index (χ1n) is 5.40. The SMILES string of the molecule is O=CC1=CC2=C(OC=CC2)C2C=CCOC12. The summed E-state index contributed by atoms with van der Waals surface area (Å²) < 4.78 is 11.2. The predicted octanol–water partition coefficient (Wildman–Crippen LogP) is 1.88. The molecule has 0 saturated carbocycles. The van der Waals surface area contributed by atoms with E-state index in [-0.39, 0.29) is 12.0 Å². The average molecular weight is 216 g/mol. The van der Waals surface area contributed by atoms with Gasteiger partial charge < -0.3 is 9.47 Å². The van der Waals surface area contributed by atoms with Gasteiger partial charge in [-0.2, -0.15) is 0 Å². The Kier molecular flexibility index (Phi) is 2.26. The highest BCUT2D eigenvalue weighted by molar-refractivity contribution is 5.77. The van der Waals surface area contributed by atoms with Crippen molar-refractivity contribution >= 4 is 6.29 Å². The molecule has 0 amide bonds. The number of aldehydes is 1. The highest BCUT2D eigenvalue weighted by Crippen LogP contribution is 2.37. The lowest BCUT2D eigenvalue weighted by atomic mass is 9.83. The number of rotatable bonds is 1. The van der Waals surface area contributed by atoms with Gasteiger partial charge in [0, 0.05) is 5.57 Å². The van der Waals surface area contributed by atoms with Crippen LogP contribution in [0, 0.1) is 5.92 Å². The van der Waals surface area contributed by atoms with Gasteiger partial charge in [0.05, 0.1) is 24.9 Å². The lowest BCUT2D eigenvalue weighted by Gasteiger charge is -2.34. The number of carbonyl (C=O) groups excluding carboxylic acids is 1. The summed E-state index contributed by atoms with van der Waals surface area (Å²) in [6.07, 6.45) is 11.1. The molecule has 2 atom stereocenters. The second kappa shape index (κ2) is 3.76. The number of hydrogen-bond acceptors (Lipinski definition) is 3. The Morgan fingerprint density at radius 1 is 1.38 bits per heavy atom. The molecule has 2 unspecified atom stereocenters. The molecule has 0 spiro atoms. The summed E-state index contributed by atoms with van der Waals surface area (Å²) in [5.74, 6) is 0.980. The molecule has 0 radical (unpaired) electrons. The first kappa shape index (κ1) is 9.60. The van der Waals surface area contributed by atoms with Gasteiger partial charge in [-0.05, 0) is 24.1 Å². The van der Waals surface area contributed by atoms with Crippen LogP contribution in [0.15, 0.2) is 47.5 Å². The van der Waals surface area contributed by atoms with E-state index >= 15 is 0 Å². The van der Waals surface area contributed by atoms with Crippen molar-refractivity contribution in [2.75, 3.05) is 6.61 Å². The minimum absolute atomic E-state index is 0.0545. The standard InChI is InChI=1S/C13H12O3/c14-8-10-7-9-3-1-5-15-12(9)11-4-2-6-16-13(10)11/h1-2,4-5,7-8,11,13H,3,6H2. The molecule has 0 bridgehead atoms. The largest absolute Gasteiger partial charge is 0.469 e. The summed E-state index contributed by atoms with van der Waals surface area (Å²) in [6.45, 7) is 0.560. The molecule has 0 fully saturated rings. The van der Waals surface area contributed by atoms with Gasteiger partial charge in [0.25, 0.3) is 0 Å². The van der Waals surface area contributed by atoms with Crippen LogP contribution in [-0.4, -0.2) is 19.0 Å². The van der Waals surface area contributed by atoms with Gasteiger partial charge in [-0.25, -0.2) is 0 Å². The van der Waals surface area contributed by atoms with Crippen LogP contribution in [0.2, 0.25) is 0 Å². The van der Waals surface area contributed by atoms with Crippen molar-refractivity contribution in [3.05, 3.63) is 47.5 Å². The van der Waals surface area contributed by atoms with E-state index in [1.807, 2.05) is 18.2 Å². The third-order valence-corrected chi connectivity index (χ3v) is 3.10. The Morgan fingerprint density at radius 3 is 3.19 bits per heavy atom. The fourth-order valence-corrected chi connectivity index (χ4v) is 2.37. The molecule has 0 saturated heterocycles. The van der Waals surface area contributed by atoms with Crippen molar-refractivity contribution in [1.82, 2.24) is 0 Å². The molecule has 1 aliphatic carbocycles. The molecular formula is C13H12O3. The van der Waals surface area contributed by atoms with E-state index in [0.29, 0.717) is 12.2 Å². The van der Waals surface area contributed by atoms with Gasteiger partial charge in [0.2, 0.25) is 0 Å². The van der Waals surface area contributed by atoms with Crippen LogP contribution in [0.4, 0.5) is 0 Å². The van der Waals surface area contributed by atoms with E-state index < -0.39 is 0 Å². The molecule has 2 aliphatic heterocycles. The number of hydrogen-bond donors (Lipinski definition) is 0. The molecule has 3 aliphatic rings. The minimum atomic E-state index is -0.173. The summed E-state index contributed by atoms with van der Waals surface area (Å²) >= 11 is 0. The van der Waals surface area contributed by atoms with Crippen LogP contribution in [0.1, 0.15) is 6.42 Å². The van der Waals surface area contributed by atoms with Crippen molar-refractivity contribution in [3.63, 3.8) is 0 Å². The fourth-order valence-electron chi connectivity index (χ4n) is 2.37. The van der Waals surface area contributed by atoms with Crippen LogP contribution in [0.5, 0.6) is 0 Å². The fraction of sp³-hybridized carbons (Fsp3) is 0.308. The Labute approximate surface area is 93.7 Å². The van der Waals surface area contributed by atoms with Gasteiger partial charge >= 0.3 is 0 Å². The van der Waals surface area contributed by atoms with Gasteiger partial charge in [-0.15, -0.1) is 0 Å². The van der Waals surface area contributed by atoms with Crippen LogP contribution in [0.25, 0.3) is 0 Å². The van der Waals surface area contributed by atoms with E-state index in [4.69, 9.17) is 9.47 Å². The smallest absolute Gasteiger partial charge is 0.148 e. The van der Waals surface area contributed by atoms with Gasteiger partial charge in [-0.3, -0.25) is 4.79 Å². The van der Waals surface area contributed by atoms with Crippen molar-refractivity contribution < 1.29 is 14.3 Å². The summed E-state index contributed by atoms with van der Waals surface area (Å²) in [7, 11) is 0. The minimum Gasteiger partial charge on any atom is -0.469 e. The molecule has 16 heavy (non-hydrogen) atoms. The molecule has 3 nitrogen and oxygen atoms in total. The zero-order valence-electron chi connectivity index (χ0n) is 8.76. The monoisotopic (exact) mass is 216 g/mol. The van der Waals surface area contributed by atoms with Gasteiger partial charge in [-0.1, -0.05) is 12.2 Å². The van der Waals surface area contributed by atoms with E-state index in [9.17, 15) is 4.79 Å². The zero-order chi connectivity index (χ0) is 11.0. The third kappa shape index (κ3) is 1.36. The molecule has 3 heteroatoms. The third-order valence-electron chi connectivity index (χ3n) is 3.10. The predicted molar refractivity (Wildman–Crippen MR) is 58.4 cm³/mol. The second-order valence-corrected chi connectivity index (χ2v) is 4.05. The lowest BCUT2D eigenvalue weighted by Crippen LogP contribution is -2.34. The maximum absolute atomic E-state index is 11.0. The number of carbonyl (C=O) groups is 1. The van der Waals surface area contributed by atoms with E-state index in [1.54, 1.807) is 6.26 Å². The van der Waals surface area contributed by atoms with Crippen LogP contribution < -0.4 is 0 Å². The Balaban J connectivity index is 2.06. The normalized spacial score (nSPS) is 31.4. The topological polar surface area (TPSA) is 35.5 Å². The van der Waals surface area contributed by atoms with Gasteiger partial charge in [0.1, 0.15) is 12.0 Å². The summed E-state index contributed by atoms with van der Waals surface area (Å²) in [6, 6.07) is 0. The molecule has 0 aromatic rings. The molecule has 0 aromatic heterocycles. The average Bonchev–Trinajstić information content (AvgIpc) is 2.38. The van der Waals surface area contributed by atoms with Crippen molar-refractivity contribution in [2.45, 2.75) is 12.5 Å². The summed E-state index contributed by atoms with van der Waals surface area (Å²) in [5.41, 5.74) is 1.80. The maximum Gasteiger partial charge on any atom is 0.148 e. The molecule has 0 N–H and O–H groups in total. The quantitative estimate of drug-likeness (QED) is 0.496. The van der Waals surface area contributed by atoms with Crippen molar-refractivity contribution in [2.24, 2.45) is 5.92 Å². The zero-order valence-corrected chi connectivity index (χ0v) is 8.76. The lowest BCUT2D eigenvalue weighted by molar-refractivity contribution is -0.106. The molecule has 82 valence electrons. The first-order chi connectivity index (χ1) is 7.90. The molecular weight excluding hydrogens is 204 g/mol. The van der Waals surface area contributed by atoms with E-state index in [2.05, 4.69) is 6.08 Å². The summed E-state index contributed by atoms with van der Waals surface area (Å²) in [5, 5.41) is 0. The van der Waals surface area contributed by atoms with E-state index in [1.165, 1.54) is 0 Å². The van der Waals surface area contributed by atoms with E-state index in [0.717, 1.165) is 24.0 Å². The highest BCUT2D eigenvalue weighted by atomic mass is 16.5. The van der Waals surface area contributed by atoms with Crippen molar-refractivity contribution in [1.29, 1.82) is 0 Å². The number of allylic oxidation sites excluding steroid dienone is 3. The van der Waals surface area contributed by atoms with Crippen molar-refractivity contribution in [3.8, 4) is 0 Å². The maximum atomic E-state index is 11.0. The molecule has 2 heterocycles. The Morgan fingerprint density at radius 2 is 2.31 bits per heavy atom. The first-order valence-corrected chi connectivity index (χ1v) is 5.40. The second-order valence-electron chi connectivity index (χ2n) is 4.05. The summed E-state index contributed by atoms with van der Waals surface area (Å²) in [4.78, 5) is 11.0. The number of fused-ring (bicyclic) bond motifs is 2.